The van der Waals surface area contributed by atoms with E-state index in [1.165, 1.54) is 0 Å². The fourth-order valence-corrected chi connectivity index (χ4v) is 6.18. The third kappa shape index (κ3) is 4.37. The third-order valence-electron chi connectivity index (χ3n) is 5.59. The number of amides is 4. The van der Waals surface area contributed by atoms with Crippen LogP contribution in [0.4, 0.5) is 4.79 Å². The molecule has 3 rings (SSSR count). The number of hydrogen-bond acceptors (Lipinski definition) is 10. The number of hydrazine groups is 1. The summed E-state index contributed by atoms with van der Waals surface area (Å²) >= 11 is 5.74. The second-order valence-corrected chi connectivity index (χ2v) is 10.7. The van der Waals surface area contributed by atoms with Crippen LogP contribution in [0.15, 0.2) is 12.1 Å². The number of hydrogen-bond donors (Lipinski definition) is 6. The molecule has 2 heterocycles. The summed E-state index contributed by atoms with van der Waals surface area (Å²) in [6, 6.07) is 0.340. The predicted octanol–water partition coefficient (Wildman–Crippen LogP) is -1.56. The largest absolute Gasteiger partial charge is 0.504 e. The molecular weight excluding hydrogens is 516 g/mol. The lowest BCUT2D eigenvalue weighted by Gasteiger charge is -2.35. The minimum Gasteiger partial charge on any atom is -0.504 e. The lowest BCUT2D eigenvalue weighted by atomic mass is 9.97. The van der Waals surface area contributed by atoms with Crippen molar-refractivity contribution in [1.82, 2.24) is 21.1 Å². The van der Waals surface area contributed by atoms with Gasteiger partial charge in [0.2, 0.25) is 5.91 Å². The summed E-state index contributed by atoms with van der Waals surface area (Å²) in [5.74, 6) is -5.37. The number of aliphatic carboxylic acids is 1. The Balaban J connectivity index is 1.52. The van der Waals surface area contributed by atoms with Crippen LogP contribution in [-0.2, 0) is 29.0 Å². The van der Waals surface area contributed by atoms with Gasteiger partial charge in [0.1, 0.15) is 16.7 Å². The quantitative estimate of drug-likeness (QED) is 0.139. The number of carboxylic acid groups (broad SMARTS) is 1. The molecule has 1 aromatic rings. The van der Waals surface area contributed by atoms with Gasteiger partial charge in [0, 0.05) is 0 Å². The molecule has 15 nitrogen and oxygen atoms in total. The lowest BCUT2D eigenvalue weighted by Crippen LogP contribution is -2.58. The molecular formula is C18H19ClN4O11S. The van der Waals surface area contributed by atoms with Gasteiger partial charge in [-0.15, -0.1) is 0 Å². The molecule has 2 saturated heterocycles. The number of carboxylic acids is 1. The Morgan fingerprint density at radius 1 is 1.23 bits per heavy atom. The molecule has 4 amide bonds. The Morgan fingerprint density at radius 3 is 2.49 bits per heavy atom. The van der Waals surface area contributed by atoms with E-state index in [1.807, 2.05) is 5.43 Å². The first kappa shape index (κ1) is 25.8. The van der Waals surface area contributed by atoms with Crippen molar-refractivity contribution in [1.29, 1.82) is 0 Å². The number of phenols is 2. The smallest absolute Gasteiger partial charge is 0.426 e. The van der Waals surface area contributed by atoms with E-state index < -0.39 is 85.5 Å². The number of carbonyl (C=O) groups is 5. The highest BCUT2D eigenvalue weighted by molar-refractivity contribution is 7.94. The second kappa shape index (κ2) is 9.10. The van der Waals surface area contributed by atoms with Crippen molar-refractivity contribution in [2.45, 2.75) is 29.5 Å². The monoisotopic (exact) mass is 534 g/mol. The summed E-state index contributed by atoms with van der Waals surface area (Å²) in [5.41, 5.74) is 3.43. The summed E-state index contributed by atoms with van der Waals surface area (Å²) < 4.78 is 28.1. The number of aromatic hydroxyl groups is 2. The molecule has 1 aromatic carbocycles. The van der Waals surface area contributed by atoms with Crippen LogP contribution in [0.1, 0.15) is 23.7 Å². The fraction of sp³-hybridized carbons (Fsp3) is 0.389. The molecule has 0 aromatic heterocycles. The summed E-state index contributed by atoms with van der Waals surface area (Å²) in [7, 11) is -4.20. The van der Waals surface area contributed by atoms with Gasteiger partial charge in [-0.3, -0.25) is 19.8 Å². The van der Waals surface area contributed by atoms with E-state index in [9.17, 15) is 47.7 Å². The molecule has 0 unspecified atom stereocenters. The molecule has 0 aliphatic carbocycles. The maximum atomic E-state index is 12.7. The lowest BCUT2D eigenvalue weighted by molar-refractivity contribution is -0.158. The first-order valence-corrected chi connectivity index (χ1v) is 11.6. The highest BCUT2D eigenvalue weighted by Gasteiger charge is 2.70. The maximum absolute atomic E-state index is 12.7. The first-order chi connectivity index (χ1) is 16.2. The van der Waals surface area contributed by atoms with Crippen molar-refractivity contribution in [2.24, 2.45) is 0 Å². The highest BCUT2D eigenvalue weighted by Crippen LogP contribution is 2.46. The zero-order valence-corrected chi connectivity index (χ0v) is 19.3. The van der Waals surface area contributed by atoms with E-state index in [0.717, 1.165) is 24.0 Å². The summed E-state index contributed by atoms with van der Waals surface area (Å²) in [6.07, 6.45) is -1.71. The van der Waals surface area contributed by atoms with Gasteiger partial charge >= 0.3 is 12.1 Å². The number of carbonyl (C=O) groups excluding carboxylic acids is 4. The maximum Gasteiger partial charge on any atom is 0.426 e. The molecule has 17 heteroatoms. The molecule has 0 radical (unpaired) electrons. The number of nitrogens with one attached hydrogen (secondary N) is 3. The van der Waals surface area contributed by atoms with Crippen molar-refractivity contribution in [3.05, 3.63) is 22.7 Å². The Kier molecular flexibility index (Phi) is 6.72. The number of fused-ring (bicyclic) bond motifs is 1. The number of phenolic OH excluding ortho intramolecular Hbond substituents is 2. The minimum absolute atomic E-state index is 0.246. The summed E-state index contributed by atoms with van der Waals surface area (Å²) in [5, 5.41) is 28.7. The van der Waals surface area contributed by atoms with Crippen molar-refractivity contribution >= 4 is 51.2 Å². The summed E-state index contributed by atoms with van der Waals surface area (Å²) in [4.78, 5) is 60.0. The number of sulfone groups is 1. The van der Waals surface area contributed by atoms with Gasteiger partial charge in [-0.05, 0) is 19.1 Å². The van der Waals surface area contributed by atoms with Crippen molar-refractivity contribution in [2.75, 3.05) is 13.2 Å². The van der Waals surface area contributed by atoms with Crippen LogP contribution in [0.5, 0.6) is 11.5 Å². The van der Waals surface area contributed by atoms with Crippen molar-refractivity contribution < 1.29 is 52.4 Å². The van der Waals surface area contributed by atoms with E-state index in [0.29, 0.717) is 0 Å². The van der Waals surface area contributed by atoms with Crippen LogP contribution in [-0.4, -0.2) is 87.7 Å². The topological polar surface area (TPSA) is 229 Å². The van der Waals surface area contributed by atoms with E-state index in [2.05, 4.69) is 5.32 Å². The molecule has 2 aliphatic heterocycles. The average Bonchev–Trinajstić information content (AvgIpc) is 2.93. The Morgan fingerprint density at radius 2 is 1.89 bits per heavy atom. The van der Waals surface area contributed by atoms with Gasteiger partial charge in [-0.25, -0.2) is 23.4 Å². The number of rotatable bonds is 6. The van der Waals surface area contributed by atoms with Gasteiger partial charge in [-0.1, -0.05) is 11.6 Å². The standard InChI is InChI=1S/C18H19ClN4O11S/c1-18(14(16(29)30)23-10(26)4-11(23)35(18,32)33)6-34-17(31)22-21-9(25)5-20-15(28)7-2-3-8(24)13(27)12(7)19/h2-3,11,14,24,27H,4-6H2,1H3,(H,20,28)(H,21,25)(H,22,31)(H,29,30)/t11-,14+,18+/m1/s1. The number of nitrogens with zero attached hydrogens (tertiary/aromatic N) is 1. The van der Waals surface area contributed by atoms with Crippen molar-refractivity contribution in [3.63, 3.8) is 0 Å². The van der Waals surface area contributed by atoms with Crippen LogP contribution in [0.2, 0.25) is 5.02 Å². The van der Waals surface area contributed by atoms with E-state index >= 15 is 0 Å². The highest BCUT2D eigenvalue weighted by atomic mass is 35.5. The van der Waals surface area contributed by atoms with Gasteiger partial charge in [0.05, 0.1) is 23.6 Å². The zero-order valence-electron chi connectivity index (χ0n) is 17.8. The van der Waals surface area contributed by atoms with Crippen molar-refractivity contribution in [3.8, 4) is 11.5 Å². The van der Waals surface area contributed by atoms with Gasteiger partial charge in [0.25, 0.3) is 11.8 Å². The molecule has 2 aliphatic rings. The molecule has 190 valence electrons. The van der Waals surface area contributed by atoms with Gasteiger partial charge in [0.15, 0.2) is 27.4 Å². The van der Waals surface area contributed by atoms with Gasteiger partial charge < -0.3 is 30.3 Å². The number of halogens is 1. The van der Waals surface area contributed by atoms with Crippen LogP contribution in [0.3, 0.4) is 0 Å². The fourth-order valence-electron chi connectivity index (χ4n) is 3.67. The molecule has 35 heavy (non-hydrogen) atoms. The first-order valence-electron chi connectivity index (χ1n) is 9.70. The van der Waals surface area contributed by atoms with Crippen LogP contribution >= 0.6 is 11.6 Å². The number of β-lactam (4-membered cyclic amide) rings is 1. The van der Waals surface area contributed by atoms with E-state index in [1.54, 1.807) is 5.43 Å². The van der Waals surface area contributed by atoms with Crippen LogP contribution < -0.4 is 16.2 Å². The van der Waals surface area contributed by atoms with E-state index in [-0.39, 0.29) is 12.0 Å². The molecule has 3 atom stereocenters. The third-order valence-corrected chi connectivity index (χ3v) is 8.72. The molecule has 0 bridgehead atoms. The van der Waals surface area contributed by atoms with Gasteiger partial charge in [-0.2, -0.15) is 0 Å². The minimum atomic E-state index is -4.20. The average molecular weight is 535 g/mol. The normalized spacial score (nSPS) is 24.1. The second-order valence-electron chi connectivity index (χ2n) is 7.79. The van der Waals surface area contributed by atoms with E-state index in [4.69, 9.17) is 16.3 Å². The number of ether oxygens (including phenoxy) is 1. The molecule has 0 spiro atoms. The molecule has 0 saturated carbocycles. The predicted molar refractivity (Wildman–Crippen MR) is 114 cm³/mol. The van der Waals surface area contributed by atoms with Crippen LogP contribution in [0, 0.1) is 0 Å². The SMILES string of the molecule is C[C@]1(COC(=O)NNC(=O)CNC(=O)c2ccc(O)c(O)c2Cl)[C@H](C(=O)O)N2C(=O)C[C@H]2S1(=O)=O. The molecule has 2 fully saturated rings. The Hall–Kier alpha value is -3.79. The number of benzene rings is 1. The summed E-state index contributed by atoms with van der Waals surface area (Å²) in [6.45, 7) is -0.558. The zero-order chi connectivity index (χ0) is 26.3. The Bertz CT molecular complexity index is 1240. The molecule has 6 N–H and O–H groups in total. The Labute approximate surface area is 201 Å². The van der Waals surface area contributed by atoms with Crippen LogP contribution in [0.25, 0.3) is 0 Å².